The minimum absolute atomic E-state index is 0.00736. The molecule has 0 spiro atoms. The van der Waals surface area contributed by atoms with Gasteiger partial charge in [-0.25, -0.2) is 0 Å². The molecule has 1 fully saturated rings. The van der Waals surface area contributed by atoms with Crippen molar-refractivity contribution in [2.45, 2.75) is 18.9 Å². The van der Waals surface area contributed by atoms with E-state index in [2.05, 4.69) is 5.32 Å². The van der Waals surface area contributed by atoms with Crippen LogP contribution in [-0.4, -0.2) is 41.6 Å². The van der Waals surface area contributed by atoms with E-state index in [0.29, 0.717) is 48.2 Å². The highest BCUT2D eigenvalue weighted by Crippen LogP contribution is 2.36. The molecule has 0 radical (unpaired) electrons. The molecule has 5 rings (SSSR count). The number of carbonyl (C=O) groups excluding carboxylic acids is 3. The Kier molecular flexibility index (Phi) is 4.47. The van der Waals surface area contributed by atoms with Gasteiger partial charge in [-0.05, 0) is 42.2 Å². The topological polar surface area (TPSA) is 79.6 Å². The highest BCUT2D eigenvalue weighted by molar-refractivity contribution is 6.22. The van der Waals surface area contributed by atoms with Crippen molar-refractivity contribution in [1.82, 2.24) is 10.2 Å². The summed E-state index contributed by atoms with van der Waals surface area (Å²) in [6.07, 6.45) is 4.30. The summed E-state index contributed by atoms with van der Waals surface area (Å²) in [4.78, 5) is 39.6. The molecule has 0 saturated carbocycles. The molecule has 1 N–H and O–H groups in total. The molecular weight excluding hydrogens is 380 g/mol. The van der Waals surface area contributed by atoms with Crippen molar-refractivity contribution in [3.8, 4) is 11.1 Å². The summed E-state index contributed by atoms with van der Waals surface area (Å²) < 4.78 is 4.98. The monoisotopic (exact) mass is 400 g/mol. The molecule has 3 aromatic rings. The minimum atomic E-state index is -0.193. The molecule has 0 atom stereocenters. The SMILES string of the molecule is O=C(NC1CCN(C(=O)c2ccoc2)CC1)c1ccc2c(c1)C(=O)c1ccccc1-2. The second kappa shape index (κ2) is 7.30. The highest BCUT2D eigenvalue weighted by Gasteiger charge is 2.28. The fraction of sp³-hybridized carbons (Fsp3) is 0.208. The first-order chi connectivity index (χ1) is 14.6. The van der Waals surface area contributed by atoms with Gasteiger partial charge in [0.05, 0.1) is 11.8 Å². The van der Waals surface area contributed by atoms with Crippen molar-refractivity contribution in [3.05, 3.63) is 83.3 Å². The number of carbonyl (C=O) groups is 3. The zero-order valence-corrected chi connectivity index (χ0v) is 16.3. The van der Waals surface area contributed by atoms with Gasteiger partial charge in [0.15, 0.2) is 5.78 Å². The Hall–Kier alpha value is -3.67. The predicted molar refractivity (Wildman–Crippen MR) is 110 cm³/mol. The van der Waals surface area contributed by atoms with Gasteiger partial charge in [0.25, 0.3) is 11.8 Å². The Labute approximate surface area is 173 Å². The summed E-state index contributed by atoms with van der Waals surface area (Å²) in [5, 5.41) is 3.05. The van der Waals surface area contributed by atoms with Gasteiger partial charge < -0.3 is 14.6 Å². The molecule has 2 heterocycles. The summed E-state index contributed by atoms with van der Waals surface area (Å²) in [6, 6.07) is 14.4. The van der Waals surface area contributed by atoms with E-state index >= 15 is 0 Å². The van der Waals surface area contributed by atoms with Crippen LogP contribution in [0, 0.1) is 0 Å². The average molecular weight is 400 g/mol. The summed E-state index contributed by atoms with van der Waals surface area (Å²) in [7, 11) is 0. The number of likely N-dealkylation sites (tertiary alicyclic amines) is 1. The number of nitrogens with zero attached hydrogens (tertiary/aromatic N) is 1. The standard InChI is InChI=1S/C24H20N2O4/c27-22-20-4-2-1-3-18(20)19-6-5-15(13-21(19)22)23(28)25-17-7-10-26(11-8-17)24(29)16-9-12-30-14-16/h1-6,9,12-14,17H,7-8,10-11H2,(H,25,28). The first-order valence-electron chi connectivity index (χ1n) is 10.0. The van der Waals surface area contributed by atoms with Crippen LogP contribution >= 0.6 is 0 Å². The summed E-state index contributed by atoms with van der Waals surface area (Å²) in [6.45, 7) is 1.15. The van der Waals surface area contributed by atoms with Crippen molar-refractivity contribution in [2.75, 3.05) is 13.1 Å². The average Bonchev–Trinajstić information content (AvgIpc) is 3.41. The third-order valence-electron chi connectivity index (χ3n) is 5.87. The second-order valence-electron chi connectivity index (χ2n) is 7.69. The lowest BCUT2D eigenvalue weighted by Crippen LogP contribution is -2.46. The Morgan fingerprint density at radius 2 is 1.63 bits per heavy atom. The van der Waals surface area contributed by atoms with E-state index in [-0.39, 0.29) is 23.6 Å². The fourth-order valence-electron chi connectivity index (χ4n) is 4.23. The lowest BCUT2D eigenvalue weighted by Gasteiger charge is -2.32. The fourth-order valence-corrected chi connectivity index (χ4v) is 4.23. The van der Waals surface area contributed by atoms with Crippen LogP contribution in [0.15, 0.2) is 65.5 Å². The van der Waals surface area contributed by atoms with Crippen LogP contribution in [0.25, 0.3) is 11.1 Å². The van der Waals surface area contributed by atoms with Crippen LogP contribution in [0.1, 0.15) is 49.5 Å². The van der Waals surface area contributed by atoms with Crippen LogP contribution in [0.3, 0.4) is 0 Å². The number of piperidine rings is 1. The maximum absolute atomic E-state index is 12.8. The smallest absolute Gasteiger partial charge is 0.257 e. The quantitative estimate of drug-likeness (QED) is 0.571. The summed E-state index contributed by atoms with van der Waals surface area (Å²) in [5.74, 6) is -0.285. The number of hydrogen-bond donors (Lipinski definition) is 1. The molecule has 6 heteroatoms. The zero-order chi connectivity index (χ0) is 20.7. The number of benzene rings is 2. The number of nitrogens with one attached hydrogen (secondary N) is 1. The van der Waals surface area contributed by atoms with Crippen LogP contribution in [-0.2, 0) is 0 Å². The summed E-state index contributed by atoms with van der Waals surface area (Å²) in [5.41, 5.74) is 4.06. The predicted octanol–water partition coefficient (Wildman–Crippen LogP) is 3.53. The zero-order valence-electron chi connectivity index (χ0n) is 16.3. The molecule has 1 aliphatic heterocycles. The van der Waals surface area contributed by atoms with Crippen molar-refractivity contribution in [2.24, 2.45) is 0 Å². The number of rotatable bonds is 3. The molecule has 6 nitrogen and oxygen atoms in total. The number of furan rings is 1. The van der Waals surface area contributed by atoms with E-state index in [9.17, 15) is 14.4 Å². The molecule has 2 amide bonds. The maximum Gasteiger partial charge on any atom is 0.257 e. The number of fused-ring (bicyclic) bond motifs is 3. The van der Waals surface area contributed by atoms with Gasteiger partial charge in [-0.1, -0.05) is 30.3 Å². The van der Waals surface area contributed by atoms with E-state index in [4.69, 9.17) is 4.42 Å². The molecular formula is C24H20N2O4. The largest absolute Gasteiger partial charge is 0.472 e. The number of hydrogen-bond acceptors (Lipinski definition) is 4. The van der Waals surface area contributed by atoms with Crippen molar-refractivity contribution >= 4 is 17.6 Å². The van der Waals surface area contributed by atoms with Gasteiger partial charge in [0.2, 0.25) is 0 Å². The van der Waals surface area contributed by atoms with Crippen LogP contribution in [0.5, 0.6) is 0 Å². The molecule has 0 unspecified atom stereocenters. The van der Waals surface area contributed by atoms with Crippen LogP contribution in [0.4, 0.5) is 0 Å². The third kappa shape index (κ3) is 3.10. The van der Waals surface area contributed by atoms with E-state index in [1.165, 1.54) is 12.5 Å². The maximum atomic E-state index is 12.8. The minimum Gasteiger partial charge on any atom is -0.472 e. The van der Waals surface area contributed by atoms with Gasteiger partial charge >= 0.3 is 0 Å². The molecule has 0 bridgehead atoms. The van der Waals surface area contributed by atoms with Gasteiger partial charge in [-0.15, -0.1) is 0 Å². The lowest BCUT2D eigenvalue weighted by atomic mass is 10.0. The number of amides is 2. The molecule has 2 aliphatic rings. The molecule has 2 aromatic carbocycles. The normalized spacial score (nSPS) is 15.6. The van der Waals surface area contributed by atoms with Gasteiger partial charge in [0, 0.05) is 35.8 Å². The number of ketones is 1. The Bertz CT molecular complexity index is 1140. The third-order valence-corrected chi connectivity index (χ3v) is 5.87. The van der Waals surface area contributed by atoms with E-state index in [0.717, 1.165) is 11.1 Å². The molecule has 150 valence electrons. The van der Waals surface area contributed by atoms with Crippen molar-refractivity contribution < 1.29 is 18.8 Å². The van der Waals surface area contributed by atoms with Crippen LogP contribution < -0.4 is 5.32 Å². The Morgan fingerprint density at radius 3 is 2.37 bits per heavy atom. The van der Waals surface area contributed by atoms with E-state index in [1.54, 1.807) is 23.1 Å². The lowest BCUT2D eigenvalue weighted by molar-refractivity contribution is 0.0697. The van der Waals surface area contributed by atoms with Crippen molar-refractivity contribution in [3.63, 3.8) is 0 Å². The Morgan fingerprint density at radius 1 is 0.900 bits per heavy atom. The molecule has 30 heavy (non-hydrogen) atoms. The van der Waals surface area contributed by atoms with Gasteiger partial charge in [0.1, 0.15) is 6.26 Å². The molecule has 1 aromatic heterocycles. The second-order valence-corrected chi connectivity index (χ2v) is 7.69. The van der Waals surface area contributed by atoms with Crippen LogP contribution in [0.2, 0.25) is 0 Å². The Balaban J connectivity index is 1.24. The van der Waals surface area contributed by atoms with Gasteiger partial charge in [-0.2, -0.15) is 0 Å². The van der Waals surface area contributed by atoms with E-state index in [1.807, 2.05) is 30.3 Å². The first kappa shape index (κ1) is 18.4. The highest BCUT2D eigenvalue weighted by atomic mass is 16.3. The van der Waals surface area contributed by atoms with Crippen molar-refractivity contribution in [1.29, 1.82) is 0 Å². The summed E-state index contributed by atoms with van der Waals surface area (Å²) >= 11 is 0. The molecule has 1 saturated heterocycles. The first-order valence-corrected chi connectivity index (χ1v) is 10.0. The van der Waals surface area contributed by atoms with Gasteiger partial charge in [-0.3, -0.25) is 14.4 Å². The molecule has 1 aliphatic carbocycles. The van der Waals surface area contributed by atoms with E-state index < -0.39 is 0 Å².